The summed E-state index contributed by atoms with van der Waals surface area (Å²) < 4.78 is 50.3. The molecule has 4 aromatic carbocycles. The smallest absolute Gasteiger partial charge is 0.338 e. The van der Waals surface area contributed by atoms with Gasteiger partial charge < -0.3 is 53.2 Å². The number of aliphatic hydroxyl groups excluding tert-OH is 3. The van der Waals surface area contributed by atoms with Gasteiger partial charge in [-0.3, -0.25) is 0 Å². The second-order valence-electron chi connectivity index (χ2n) is 13.3. The number of carbonyl (C=O) groups is 4. The van der Waals surface area contributed by atoms with E-state index in [0.29, 0.717) is 17.9 Å². The van der Waals surface area contributed by atoms with E-state index in [0.717, 1.165) is 0 Å². The van der Waals surface area contributed by atoms with E-state index in [1.165, 1.54) is 55.6 Å². The van der Waals surface area contributed by atoms with Crippen LogP contribution in [0.5, 0.6) is 0 Å². The van der Waals surface area contributed by atoms with Gasteiger partial charge in [0.05, 0.1) is 28.9 Å². The van der Waals surface area contributed by atoms with Crippen molar-refractivity contribution in [3.63, 3.8) is 0 Å². The third kappa shape index (κ3) is 11.3. The summed E-state index contributed by atoms with van der Waals surface area (Å²) in [6.45, 7) is -1.34. The molecule has 2 aliphatic rings. The van der Waals surface area contributed by atoms with Gasteiger partial charge in [-0.2, -0.15) is 0 Å². The Labute approximate surface area is 376 Å². The van der Waals surface area contributed by atoms with Gasteiger partial charge >= 0.3 is 23.9 Å². The van der Waals surface area contributed by atoms with Gasteiger partial charge in [-0.25, -0.2) is 19.2 Å². The van der Waals surface area contributed by atoms with Gasteiger partial charge in [0.15, 0.2) is 30.9 Å². The van der Waals surface area contributed by atoms with Crippen molar-refractivity contribution in [3.8, 4) is 0 Å². The predicted molar refractivity (Wildman–Crippen MR) is 223 cm³/mol. The van der Waals surface area contributed by atoms with Crippen molar-refractivity contribution in [1.82, 2.24) is 0 Å². The standard InChI is InChI=1S/C41H36Br4O15/c1-53-40-33(31(48)30(47)28(18-46)55-40)60-41-35(59-39(52)23-8-16-27(45)17-9-23)34(58-38(51)22-6-14-26(44)15-7-22)32(57-37(50)21-4-12-25(43)13-5-21)29(56-41)19-54-36(49)20-2-10-24(42)11-3-20/h2-17,28-35,40-41,46-48H,18-19H2,1H3/t28-,29-,30-,31+,32-,33-,34+,35-,40+,41+/m1/s1. The van der Waals surface area contributed by atoms with E-state index in [2.05, 4.69) is 63.7 Å². The minimum Gasteiger partial charge on any atom is -0.459 e. The molecule has 2 fully saturated rings. The Bertz CT molecular complexity index is 2100. The molecule has 6 rings (SSSR count). The fourth-order valence-electron chi connectivity index (χ4n) is 6.23. The number of esters is 4. The average Bonchev–Trinajstić information content (AvgIpc) is 3.24. The van der Waals surface area contributed by atoms with Crippen molar-refractivity contribution in [3.05, 3.63) is 137 Å². The molecule has 2 heterocycles. The zero-order valence-corrected chi connectivity index (χ0v) is 37.5. The number of hydrogen-bond donors (Lipinski definition) is 3. The first-order valence-corrected chi connectivity index (χ1v) is 21.2. The molecule has 4 aromatic rings. The molecule has 60 heavy (non-hydrogen) atoms. The predicted octanol–water partition coefficient (Wildman–Crippen LogP) is 5.77. The van der Waals surface area contributed by atoms with Gasteiger partial charge in [0.2, 0.25) is 0 Å². The lowest BCUT2D eigenvalue weighted by molar-refractivity contribution is -0.363. The summed E-state index contributed by atoms with van der Waals surface area (Å²) in [5.41, 5.74) is 0.315. The summed E-state index contributed by atoms with van der Waals surface area (Å²) in [5, 5.41) is 31.9. The van der Waals surface area contributed by atoms with Gasteiger partial charge in [-0.05, 0) is 97.1 Å². The summed E-state index contributed by atoms with van der Waals surface area (Å²) in [5.74, 6) is -3.64. The zero-order chi connectivity index (χ0) is 43.1. The first-order chi connectivity index (χ1) is 28.8. The summed E-state index contributed by atoms with van der Waals surface area (Å²) in [4.78, 5) is 55.2. The fourth-order valence-corrected chi connectivity index (χ4v) is 7.29. The van der Waals surface area contributed by atoms with Gasteiger partial charge in [-0.1, -0.05) is 63.7 Å². The molecule has 318 valence electrons. The van der Waals surface area contributed by atoms with Crippen molar-refractivity contribution < 1.29 is 72.4 Å². The van der Waals surface area contributed by atoms with Gasteiger partial charge in [0, 0.05) is 25.0 Å². The number of aliphatic hydroxyl groups is 3. The van der Waals surface area contributed by atoms with Crippen LogP contribution in [0.2, 0.25) is 0 Å². The van der Waals surface area contributed by atoms with Gasteiger partial charge in [-0.15, -0.1) is 0 Å². The largest absolute Gasteiger partial charge is 0.459 e. The molecule has 0 radical (unpaired) electrons. The summed E-state index contributed by atoms with van der Waals surface area (Å²) in [6, 6.07) is 24.6. The van der Waals surface area contributed by atoms with Crippen LogP contribution in [0.25, 0.3) is 0 Å². The molecule has 0 unspecified atom stereocenters. The Morgan fingerprint density at radius 2 is 0.900 bits per heavy atom. The second kappa shape index (κ2) is 21.0. The summed E-state index contributed by atoms with van der Waals surface area (Å²) in [6.07, 6.45) is -16.5. The molecule has 0 spiro atoms. The topological polar surface area (TPSA) is 203 Å². The van der Waals surface area contributed by atoms with Crippen LogP contribution >= 0.6 is 63.7 Å². The number of halogens is 4. The number of ether oxygens (including phenoxy) is 8. The third-order valence-corrected chi connectivity index (χ3v) is 11.5. The molecular formula is C41H36Br4O15. The normalized spacial score (nSPS) is 26.4. The second-order valence-corrected chi connectivity index (χ2v) is 17.0. The van der Waals surface area contributed by atoms with Crippen LogP contribution < -0.4 is 0 Å². The molecular weight excluding hydrogens is 1050 g/mol. The highest BCUT2D eigenvalue weighted by atomic mass is 79.9. The maximum absolute atomic E-state index is 14.0. The van der Waals surface area contributed by atoms with Crippen molar-refractivity contribution in [2.24, 2.45) is 0 Å². The van der Waals surface area contributed by atoms with Crippen LogP contribution in [0.1, 0.15) is 41.4 Å². The molecule has 2 saturated heterocycles. The minimum absolute atomic E-state index is 0.0425. The maximum Gasteiger partial charge on any atom is 0.338 e. The van der Waals surface area contributed by atoms with Crippen molar-refractivity contribution in [1.29, 1.82) is 0 Å². The summed E-state index contributed by atoms with van der Waals surface area (Å²) >= 11 is 13.3. The molecule has 0 bridgehead atoms. The monoisotopic (exact) mass is 1080 g/mol. The number of carbonyl (C=O) groups excluding carboxylic acids is 4. The van der Waals surface area contributed by atoms with Crippen LogP contribution in [-0.2, 0) is 37.9 Å². The molecule has 0 aromatic heterocycles. The highest BCUT2D eigenvalue weighted by molar-refractivity contribution is 9.11. The highest BCUT2D eigenvalue weighted by Gasteiger charge is 2.56. The Balaban J connectivity index is 1.45. The van der Waals surface area contributed by atoms with Crippen molar-refractivity contribution >= 4 is 87.6 Å². The first-order valence-electron chi connectivity index (χ1n) is 18.0. The fraction of sp³-hybridized carbons (Fsp3) is 0.317. The lowest BCUT2D eigenvalue weighted by atomic mass is 9.96. The molecule has 0 aliphatic carbocycles. The molecule has 0 saturated carbocycles. The lowest BCUT2D eigenvalue weighted by Gasteiger charge is -2.47. The van der Waals surface area contributed by atoms with E-state index in [9.17, 15) is 34.5 Å². The molecule has 10 atom stereocenters. The Hall–Kier alpha value is -3.60. The first kappa shape index (κ1) is 45.9. The number of benzene rings is 4. The van der Waals surface area contributed by atoms with Crippen LogP contribution in [-0.4, -0.2) is 121 Å². The molecule has 19 heteroatoms. The molecule has 2 aliphatic heterocycles. The Kier molecular flexibility index (Phi) is 16.1. The average molecular weight is 1090 g/mol. The van der Waals surface area contributed by atoms with E-state index in [4.69, 9.17) is 37.9 Å². The lowest BCUT2D eigenvalue weighted by Crippen LogP contribution is -2.66. The number of methoxy groups -OCH3 is 1. The van der Waals surface area contributed by atoms with Crippen molar-refractivity contribution in [2.45, 2.75) is 61.4 Å². The summed E-state index contributed by atoms with van der Waals surface area (Å²) in [7, 11) is 1.22. The van der Waals surface area contributed by atoms with E-state index in [1.54, 1.807) is 48.5 Å². The quantitative estimate of drug-likeness (QED) is 0.108. The maximum atomic E-state index is 14.0. The van der Waals surface area contributed by atoms with E-state index in [-0.39, 0.29) is 22.3 Å². The van der Waals surface area contributed by atoms with E-state index >= 15 is 0 Å². The number of rotatable bonds is 13. The molecule has 3 N–H and O–H groups in total. The minimum atomic E-state index is -1.86. The van der Waals surface area contributed by atoms with Gasteiger partial charge in [0.25, 0.3) is 0 Å². The zero-order valence-electron chi connectivity index (χ0n) is 31.2. The van der Waals surface area contributed by atoms with Crippen LogP contribution in [0, 0.1) is 0 Å². The van der Waals surface area contributed by atoms with E-state index < -0.39 is 98.5 Å². The van der Waals surface area contributed by atoms with Crippen molar-refractivity contribution in [2.75, 3.05) is 20.3 Å². The molecule has 15 nitrogen and oxygen atoms in total. The molecule has 0 amide bonds. The number of hydrogen-bond acceptors (Lipinski definition) is 15. The van der Waals surface area contributed by atoms with Crippen LogP contribution in [0.3, 0.4) is 0 Å². The third-order valence-electron chi connectivity index (χ3n) is 9.37. The highest BCUT2D eigenvalue weighted by Crippen LogP contribution is 2.35. The SMILES string of the molecule is CO[C@H]1O[C@H](CO)[C@@H](O)[C@H](O)[C@H]1O[C@@H]1O[C@H](COC(=O)c2ccc(Br)cc2)[C@@H](OC(=O)c2ccc(Br)cc2)[C@H](OC(=O)c2ccc(Br)cc2)[C@H]1OC(=O)c1ccc(Br)cc1. The van der Waals surface area contributed by atoms with E-state index in [1.807, 2.05) is 0 Å². The Morgan fingerprint density at radius 1 is 0.517 bits per heavy atom. The van der Waals surface area contributed by atoms with Crippen LogP contribution in [0.15, 0.2) is 115 Å². The van der Waals surface area contributed by atoms with Crippen LogP contribution in [0.4, 0.5) is 0 Å². The van der Waals surface area contributed by atoms with Gasteiger partial charge in [0.1, 0.15) is 37.1 Å². The Morgan fingerprint density at radius 3 is 1.32 bits per heavy atom.